The highest BCUT2D eigenvalue weighted by Crippen LogP contribution is 2.23. The third-order valence-corrected chi connectivity index (χ3v) is 3.03. The molecule has 1 aromatic heterocycles. The summed E-state index contributed by atoms with van der Waals surface area (Å²) in [6.45, 7) is 0. The molecule has 2 N–H and O–H groups in total. The summed E-state index contributed by atoms with van der Waals surface area (Å²) in [5, 5.41) is 10.8. The van der Waals surface area contributed by atoms with E-state index in [1.165, 1.54) is 12.1 Å². The second kappa shape index (κ2) is 5.62. The van der Waals surface area contributed by atoms with Crippen molar-refractivity contribution in [1.29, 1.82) is 0 Å². The molecule has 1 amide bonds. The maximum atomic E-state index is 11.8. The van der Waals surface area contributed by atoms with E-state index < -0.39 is 24.2 Å². The Balaban J connectivity index is 2.81. The number of rotatable bonds is 6. The van der Waals surface area contributed by atoms with Gasteiger partial charge in [-0.05, 0) is 12.1 Å². The summed E-state index contributed by atoms with van der Waals surface area (Å²) in [4.78, 5) is 32.8. The van der Waals surface area contributed by atoms with Crippen molar-refractivity contribution in [2.45, 2.75) is 12.5 Å². The van der Waals surface area contributed by atoms with Gasteiger partial charge in [0.2, 0.25) is 6.41 Å². The summed E-state index contributed by atoms with van der Waals surface area (Å²) in [5.41, 5.74) is 0. The van der Waals surface area contributed by atoms with Gasteiger partial charge in [-0.1, -0.05) is 11.6 Å². The molecule has 0 aliphatic rings. The summed E-state index contributed by atoms with van der Waals surface area (Å²) in [5.74, 6) is -1.61. The van der Waals surface area contributed by atoms with Gasteiger partial charge in [0.1, 0.15) is 6.04 Å². The second-order valence-corrected chi connectivity index (χ2v) is 4.62. The number of aliphatic carboxylic acids is 1. The van der Waals surface area contributed by atoms with E-state index in [-0.39, 0.29) is 0 Å². The van der Waals surface area contributed by atoms with Crippen molar-refractivity contribution < 1.29 is 19.5 Å². The van der Waals surface area contributed by atoms with Gasteiger partial charge in [-0.25, -0.2) is 0 Å². The zero-order chi connectivity index (χ0) is 12.1. The summed E-state index contributed by atoms with van der Waals surface area (Å²) >= 11 is 6.70. The standard InChI is InChI=1S/C9H8ClNO4S/c10-7-2-1-6(16-7)9(15)5(11-4-12)3-8(13)14/h1-2,4-5H,3H2,(H,11,12)(H,13,14). The highest BCUT2D eigenvalue weighted by molar-refractivity contribution is 7.18. The molecule has 0 bridgehead atoms. The Morgan fingerprint density at radius 3 is 2.69 bits per heavy atom. The Morgan fingerprint density at radius 2 is 2.25 bits per heavy atom. The molecule has 1 aromatic rings. The van der Waals surface area contributed by atoms with Crippen LogP contribution >= 0.6 is 22.9 Å². The number of nitrogens with one attached hydrogen (secondary N) is 1. The number of halogens is 1. The minimum atomic E-state index is -1.16. The number of hydrogen-bond acceptors (Lipinski definition) is 4. The highest BCUT2D eigenvalue weighted by atomic mass is 35.5. The topological polar surface area (TPSA) is 83.5 Å². The Labute approximate surface area is 100 Å². The lowest BCUT2D eigenvalue weighted by molar-refractivity contribution is -0.137. The minimum absolute atomic E-state index is 0.306. The van der Waals surface area contributed by atoms with Crippen molar-refractivity contribution in [3.05, 3.63) is 21.3 Å². The van der Waals surface area contributed by atoms with Crippen molar-refractivity contribution >= 4 is 41.1 Å². The second-order valence-electron chi connectivity index (χ2n) is 2.90. The Bertz CT molecular complexity index is 417. The van der Waals surface area contributed by atoms with Gasteiger partial charge in [0.05, 0.1) is 15.6 Å². The first-order valence-electron chi connectivity index (χ1n) is 4.25. The number of ketones is 1. The van der Waals surface area contributed by atoms with Crippen LogP contribution in [0.5, 0.6) is 0 Å². The normalized spacial score (nSPS) is 11.8. The number of hydrogen-bond donors (Lipinski definition) is 2. The van der Waals surface area contributed by atoms with Crippen LogP contribution in [-0.2, 0) is 9.59 Å². The van der Waals surface area contributed by atoms with E-state index in [2.05, 4.69) is 5.32 Å². The number of Topliss-reactive ketones (excluding diaryl/α,β-unsaturated/α-hetero) is 1. The van der Waals surface area contributed by atoms with Crippen LogP contribution in [0, 0.1) is 0 Å². The Hall–Kier alpha value is -1.40. The molecule has 0 aliphatic heterocycles. The quantitative estimate of drug-likeness (QED) is 0.595. The third-order valence-electron chi connectivity index (χ3n) is 1.78. The van der Waals surface area contributed by atoms with E-state index in [1.54, 1.807) is 0 Å². The predicted octanol–water partition coefficient (Wildman–Crippen LogP) is 1.17. The number of carbonyl (C=O) groups excluding carboxylic acids is 2. The summed E-state index contributed by atoms with van der Waals surface area (Å²) in [6, 6.07) is 1.99. The van der Waals surface area contributed by atoms with Crippen LogP contribution in [0.15, 0.2) is 12.1 Å². The first-order valence-corrected chi connectivity index (χ1v) is 5.45. The van der Waals surface area contributed by atoms with E-state index in [0.717, 1.165) is 11.3 Å². The molecule has 0 saturated heterocycles. The lowest BCUT2D eigenvalue weighted by atomic mass is 10.1. The average Bonchev–Trinajstić information content (AvgIpc) is 2.62. The number of carboxylic acid groups (broad SMARTS) is 1. The van der Waals surface area contributed by atoms with Gasteiger partial charge in [-0.3, -0.25) is 14.4 Å². The smallest absolute Gasteiger partial charge is 0.305 e. The number of amides is 1. The fourth-order valence-corrected chi connectivity index (χ4v) is 2.14. The fraction of sp³-hybridized carbons (Fsp3) is 0.222. The molecule has 0 fully saturated rings. The molecule has 0 saturated carbocycles. The number of carboxylic acids is 1. The number of carbonyl (C=O) groups is 3. The molecule has 5 nitrogen and oxygen atoms in total. The van der Waals surface area contributed by atoms with Crippen molar-refractivity contribution in [3.63, 3.8) is 0 Å². The van der Waals surface area contributed by atoms with Gasteiger partial charge in [0.25, 0.3) is 0 Å². The van der Waals surface area contributed by atoms with Gasteiger partial charge >= 0.3 is 5.97 Å². The van der Waals surface area contributed by atoms with E-state index in [1.807, 2.05) is 0 Å². The SMILES string of the molecule is O=CNC(CC(=O)O)C(=O)c1ccc(Cl)s1. The van der Waals surface area contributed by atoms with Gasteiger partial charge in [0, 0.05) is 0 Å². The molecule has 0 aromatic carbocycles. The summed E-state index contributed by atoms with van der Waals surface area (Å²) < 4.78 is 0.434. The van der Waals surface area contributed by atoms with Crippen LogP contribution in [-0.4, -0.2) is 29.3 Å². The lowest BCUT2D eigenvalue weighted by Crippen LogP contribution is -2.37. The zero-order valence-electron chi connectivity index (χ0n) is 7.97. The van der Waals surface area contributed by atoms with Crippen LogP contribution < -0.4 is 5.32 Å². The molecule has 1 unspecified atom stereocenters. The molecule has 16 heavy (non-hydrogen) atoms. The number of thiophene rings is 1. The van der Waals surface area contributed by atoms with Crippen molar-refractivity contribution in [2.24, 2.45) is 0 Å². The molecule has 0 radical (unpaired) electrons. The van der Waals surface area contributed by atoms with Crippen molar-refractivity contribution in [1.82, 2.24) is 5.32 Å². The lowest BCUT2D eigenvalue weighted by Gasteiger charge is -2.10. The van der Waals surface area contributed by atoms with Gasteiger partial charge < -0.3 is 10.4 Å². The molecule has 86 valence electrons. The predicted molar refractivity (Wildman–Crippen MR) is 58.9 cm³/mol. The molecular weight excluding hydrogens is 254 g/mol. The summed E-state index contributed by atoms with van der Waals surface area (Å²) in [7, 11) is 0. The van der Waals surface area contributed by atoms with E-state index in [9.17, 15) is 14.4 Å². The van der Waals surface area contributed by atoms with Crippen LogP contribution in [0.1, 0.15) is 16.1 Å². The average molecular weight is 262 g/mol. The first-order chi connectivity index (χ1) is 7.54. The Morgan fingerprint density at radius 1 is 1.56 bits per heavy atom. The highest BCUT2D eigenvalue weighted by Gasteiger charge is 2.23. The molecular formula is C9H8ClNO4S. The van der Waals surface area contributed by atoms with Crippen LogP contribution in [0.25, 0.3) is 0 Å². The molecule has 1 rings (SSSR count). The molecule has 1 atom stereocenters. The largest absolute Gasteiger partial charge is 0.481 e. The minimum Gasteiger partial charge on any atom is -0.481 e. The van der Waals surface area contributed by atoms with E-state index in [0.29, 0.717) is 15.6 Å². The fourth-order valence-electron chi connectivity index (χ4n) is 1.10. The molecule has 0 aliphatic carbocycles. The maximum Gasteiger partial charge on any atom is 0.305 e. The van der Waals surface area contributed by atoms with Crippen LogP contribution in [0.3, 0.4) is 0 Å². The third kappa shape index (κ3) is 3.32. The monoisotopic (exact) mass is 261 g/mol. The summed E-state index contributed by atoms with van der Waals surface area (Å²) in [6.07, 6.45) is -0.145. The molecule has 1 heterocycles. The van der Waals surface area contributed by atoms with E-state index in [4.69, 9.17) is 16.7 Å². The van der Waals surface area contributed by atoms with Gasteiger partial charge in [0.15, 0.2) is 5.78 Å². The Kier molecular flexibility index (Phi) is 4.45. The van der Waals surface area contributed by atoms with Crippen LogP contribution in [0.2, 0.25) is 4.34 Å². The van der Waals surface area contributed by atoms with Crippen molar-refractivity contribution in [3.8, 4) is 0 Å². The van der Waals surface area contributed by atoms with Crippen molar-refractivity contribution in [2.75, 3.05) is 0 Å². The maximum absolute atomic E-state index is 11.8. The zero-order valence-corrected chi connectivity index (χ0v) is 9.55. The molecule has 7 heteroatoms. The van der Waals surface area contributed by atoms with E-state index >= 15 is 0 Å². The molecule has 0 spiro atoms. The van der Waals surface area contributed by atoms with Gasteiger partial charge in [-0.15, -0.1) is 11.3 Å². The first kappa shape index (κ1) is 12.7. The van der Waals surface area contributed by atoms with Gasteiger partial charge in [-0.2, -0.15) is 0 Å². The van der Waals surface area contributed by atoms with Crippen LogP contribution in [0.4, 0.5) is 0 Å².